The molecule has 0 bridgehead atoms. The van der Waals surface area contributed by atoms with E-state index in [0.29, 0.717) is 17.1 Å². The van der Waals surface area contributed by atoms with E-state index in [0.717, 1.165) is 10.5 Å². The third-order valence-electron chi connectivity index (χ3n) is 12.3. The van der Waals surface area contributed by atoms with Gasteiger partial charge in [0.25, 0.3) is 11.8 Å². The molecular formula is C46H35Cl2F5N2O9. The summed E-state index contributed by atoms with van der Waals surface area (Å²) in [5.74, 6) is -20.9. The number of aromatic hydroxyl groups is 1. The molecule has 2 aliphatic carbocycles. The van der Waals surface area contributed by atoms with Crippen LogP contribution in [0.4, 0.5) is 33.3 Å². The van der Waals surface area contributed by atoms with Crippen molar-refractivity contribution < 1.29 is 65.2 Å². The molecule has 18 heteroatoms. The van der Waals surface area contributed by atoms with Gasteiger partial charge < -0.3 is 24.1 Å². The first-order valence-corrected chi connectivity index (χ1v) is 20.2. The molecule has 2 saturated heterocycles. The van der Waals surface area contributed by atoms with Gasteiger partial charge in [0.2, 0.25) is 23.4 Å². The first-order valence-electron chi connectivity index (χ1n) is 19.5. The molecule has 3 fully saturated rings. The average molecular weight is 926 g/mol. The van der Waals surface area contributed by atoms with Crippen LogP contribution in [0.5, 0.6) is 28.7 Å². The molecule has 4 aliphatic rings. The van der Waals surface area contributed by atoms with Crippen molar-refractivity contribution in [1.82, 2.24) is 0 Å². The van der Waals surface area contributed by atoms with Crippen LogP contribution < -0.4 is 28.7 Å². The van der Waals surface area contributed by atoms with Crippen molar-refractivity contribution in [2.24, 2.45) is 23.7 Å². The summed E-state index contributed by atoms with van der Waals surface area (Å²) in [4.78, 5) is 53.2. The van der Waals surface area contributed by atoms with E-state index < -0.39 is 98.2 Å². The first-order chi connectivity index (χ1) is 30.5. The number of benzene rings is 4. The van der Waals surface area contributed by atoms with Crippen molar-refractivity contribution in [3.05, 3.63) is 118 Å². The fourth-order valence-electron chi connectivity index (χ4n) is 9.18. The fraction of sp³-hybridized carbons (Fsp3) is 0.261. The molecule has 4 aromatic carbocycles. The molecule has 1 N–H and O–H groups in total. The number of hydrogen-bond donors (Lipinski definition) is 1. The number of hydrogen-bond acceptors (Lipinski definition) is 9. The van der Waals surface area contributed by atoms with E-state index in [1.54, 1.807) is 60.7 Å². The highest BCUT2D eigenvalue weighted by Gasteiger charge is 2.76. The molecular weight excluding hydrogens is 890 g/mol. The van der Waals surface area contributed by atoms with E-state index in [1.807, 2.05) is 0 Å². The molecule has 332 valence electrons. The SMILES string of the molecule is COc1ccc(OC)c(C=Cc2ccc(N3C(=O)[C@H]4[C@H](CC=C5[C@H]4C[C@@]4(Cl)C(=O)N(c6c(F)c(F)c(F)c(F)c6F)C(=O)[C@@]4(Cl)[C@H]5C=Cc4cc(OC)c(O)c(OC)c4)C3=O)cc2)c1. The molecule has 4 aromatic rings. The number of carbonyl (C=O) groups excluding carboxylic acids is 4. The lowest BCUT2D eigenvalue weighted by Crippen LogP contribution is -2.60. The van der Waals surface area contributed by atoms with Gasteiger partial charge in [0.05, 0.1) is 46.0 Å². The van der Waals surface area contributed by atoms with Crippen molar-refractivity contribution in [3.63, 3.8) is 0 Å². The predicted octanol–water partition coefficient (Wildman–Crippen LogP) is 8.61. The quantitative estimate of drug-likeness (QED) is 0.0316. The number of nitrogens with zero attached hydrogens (tertiary/aromatic N) is 2. The number of alkyl halides is 2. The number of allylic oxidation sites excluding steroid dienone is 3. The molecule has 64 heavy (non-hydrogen) atoms. The lowest BCUT2D eigenvalue weighted by molar-refractivity contribution is -0.125. The van der Waals surface area contributed by atoms with Gasteiger partial charge in [-0.05, 0) is 72.4 Å². The number of carbonyl (C=O) groups is 4. The summed E-state index contributed by atoms with van der Waals surface area (Å²) in [5, 5.41) is 10.5. The maximum Gasteiger partial charge on any atom is 0.258 e. The van der Waals surface area contributed by atoms with Gasteiger partial charge in [-0.15, -0.1) is 23.2 Å². The van der Waals surface area contributed by atoms with Gasteiger partial charge in [0, 0.05) is 11.5 Å². The van der Waals surface area contributed by atoms with Crippen molar-refractivity contribution in [2.45, 2.75) is 22.6 Å². The van der Waals surface area contributed by atoms with Gasteiger partial charge in [-0.25, -0.2) is 26.9 Å². The molecule has 0 spiro atoms. The zero-order chi connectivity index (χ0) is 46.2. The number of ether oxygens (including phenoxy) is 4. The third kappa shape index (κ3) is 6.51. The van der Waals surface area contributed by atoms with Crippen LogP contribution in [0.25, 0.3) is 18.2 Å². The van der Waals surface area contributed by atoms with Crippen LogP contribution in [0.2, 0.25) is 0 Å². The number of phenols is 1. The molecule has 1 saturated carbocycles. The Labute approximate surface area is 371 Å². The van der Waals surface area contributed by atoms with Gasteiger partial charge in [0.1, 0.15) is 17.2 Å². The standard InChI is InChI=1S/C46H35Cl2F5N2O9/c1-61-25-12-16-30(62-2)23(19-25)9-5-21-6-10-24(11-7-21)54-41(57)27-14-13-26-28(33(27)42(54)58)20-45(47)43(59)55(39-37(52)35(50)34(49)36(51)38(39)53)44(60)46(45,48)29(26)15-8-22-17-31(63-3)40(56)32(18-22)64-4/h5-13,15-19,27-29,33,56H,14,20H2,1-4H3/t27-,28+,29-,33-,45+,46-/m0/s1. The first kappa shape index (κ1) is 44.2. The smallest absolute Gasteiger partial charge is 0.258 e. The van der Waals surface area contributed by atoms with Crippen LogP contribution in [0.15, 0.2) is 72.3 Å². The fourth-order valence-corrected chi connectivity index (χ4v) is 10.1. The van der Waals surface area contributed by atoms with Crippen LogP contribution in [-0.2, 0) is 19.2 Å². The van der Waals surface area contributed by atoms with Crippen LogP contribution in [0.1, 0.15) is 29.5 Å². The third-order valence-corrected chi connectivity index (χ3v) is 13.7. The molecule has 0 unspecified atom stereocenters. The zero-order valence-electron chi connectivity index (χ0n) is 34.1. The van der Waals surface area contributed by atoms with E-state index in [-0.39, 0.29) is 45.4 Å². The summed E-state index contributed by atoms with van der Waals surface area (Å²) in [7, 11) is 5.62. The van der Waals surface area contributed by atoms with Crippen LogP contribution in [-0.4, -0.2) is 66.9 Å². The van der Waals surface area contributed by atoms with Crippen molar-refractivity contribution in [1.29, 1.82) is 0 Å². The Bertz CT molecular complexity index is 2710. The van der Waals surface area contributed by atoms with Crippen molar-refractivity contribution >= 4 is 76.4 Å². The predicted molar refractivity (Wildman–Crippen MR) is 225 cm³/mol. The molecule has 0 aromatic heterocycles. The summed E-state index contributed by atoms with van der Waals surface area (Å²) < 4.78 is 95.5. The van der Waals surface area contributed by atoms with Gasteiger partial charge >= 0.3 is 0 Å². The molecule has 6 atom stereocenters. The summed E-state index contributed by atoms with van der Waals surface area (Å²) in [5.41, 5.74) is 0.286. The molecule has 4 amide bonds. The number of methoxy groups -OCH3 is 4. The lowest BCUT2D eigenvalue weighted by atomic mass is 9.57. The highest BCUT2D eigenvalue weighted by atomic mass is 35.5. The minimum atomic E-state index is -2.72. The van der Waals surface area contributed by atoms with Crippen molar-refractivity contribution in [3.8, 4) is 28.7 Å². The Kier molecular flexibility index (Phi) is 11.3. The van der Waals surface area contributed by atoms with Gasteiger partial charge in [-0.1, -0.05) is 48.1 Å². The van der Waals surface area contributed by atoms with E-state index in [9.17, 15) is 37.5 Å². The average Bonchev–Trinajstić information content (AvgIpc) is 3.64. The summed E-state index contributed by atoms with van der Waals surface area (Å²) >= 11 is 14.4. The van der Waals surface area contributed by atoms with E-state index in [2.05, 4.69) is 0 Å². The Morgan fingerprint density at radius 2 is 1.28 bits per heavy atom. The largest absolute Gasteiger partial charge is 0.502 e. The molecule has 2 aliphatic heterocycles. The van der Waals surface area contributed by atoms with Gasteiger partial charge in [-0.2, -0.15) is 0 Å². The molecule has 0 radical (unpaired) electrons. The number of phenolic OH excluding ortho intramolecular Hbond substituents is 1. The number of halogens is 7. The van der Waals surface area contributed by atoms with E-state index in [4.69, 9.17) is 42.1 Å². The van der Waals surface area contributed by atoms with Crippen LogP contribution in [0.3, 0.4) is 0 Å². The lowest BCUT2D eigenvalue weighted by Gasteiger charge is -2.49. The molecule has 11 nitrogen and oxygen atoms in total. The second-order valence-electron chi connectivity index (χ2n) is 15.4. The normalized spacial score (nSPS) is 25.2. The number of anilines is 2. The minimum Gasteiger partial charge on any atom is -0.502 e. The van der Waals surface area contributed by atoms with Crippen molar-refractivity contribution in [2.75, 3.05) is 38.2 Å². The Balaban J connectivity index is 1.19. The topological polar surface area (TPSA) is 132 Å². The highest BCUT2D eigenvalue weighted by molar-refractivity contribution is 6.58. The molecule has 8 rings (SSSR count). The van der Waals surface area contributed by atoms with Crippen LogP contribution >= 0.6 is 23.2 Å². The number of fused-ring (bicyclic) bond motifs is 4. The Morgan fingerprint density at radius 1 is 0.672 bits per heavy atom. The maximum absolute atomic E-state index is 15.4. The second kappa shape index (κ2) is 16.3. The highest BCUT2D eigenvalue weighted by Crippen LogP contribution is 2.64. The van der Waals surface area contributed by atoms with Gasteiger partial charge in [0.15, 0.2) is 44.5 Å². The molecule has 2 heterocycles. The van der Waals surface area contributed by atoms with Crippen LogP contribution in [0, 0.1) is 52.8 Å². The Hall–Kier alpha value is -6.39. The number of imide groups is 2. The van der Waals surface area contributed by atoms with E-state index >= 15 is 8.78 Å². The Morgan fingerprint density at radius 3 is 1.88 bits per heavy atom. The summed E-state index contributed by atoms with van der Waals surface area (Å²) in [6.45, 7) is 0. The maximum atomic E-state index is 15.4. The number of rotatable bonds is 10. The van der Waals surface area contributed by atoms with Gasteiger partial charge in [-0.3, -0.25) is 24.1 Å². The van der Waals surface area contributed by atoms with E-state index in [1.165, 1.54) is 52.7 Å². The monoisotopic (exact) mass is 924 g/mol. The summed E-state index contributed by atoms with van der Waals surface area (Å²) in [6.07, 6.45) is 7.15. The zero-order valence-corrected chi connectivity index (χ0v) is 35.6. The summed E-state index contributed by atoms with van der Waals surface area (Å²) in [6, 6.07) is 14.6. The second-order valence-corrected chi connectivity index (χ2v) is 16.7. The number of amides is 4. The minimum absolute atomic E-state index is 0.0339.